The minimum absolute atomic E-state index is 0. The fourth-order valence-corrected chi connectivity index (χ4v) is 1.05. The van der Waals surface area contributed by atoms with E-state index >= 15 is 0 Å². The maximum absolute atomic E-state index is 10.6. The maximum atomic E-state index is 10.6. The molecule has 78 valence electrons. The van der Waals surface area contributed by atoms with E-state index in [-0.39, 0.29) is 17.5 Å². The molecule has 0 aliphatic carbocycles. The number of hydrogen-bond donors (Lipinski definition) is 1. The molecule has 0 atom stereocenters. The molecule has 0 amide bonds. The van der Waals surface area contributed by atoms with Crippen molar-refractivity contribution in [2.24, 2.45) is 0 Å². The smallest absolute Gasteiger partial charge is 0.169 e. The van der Waals surface area contributed by atoms with Gasteiger partial charge < -0.3 is 25.5 Å². The van der Waals surface area contributed by atoms with E-state index < -0.39 is 5.97 Å². The highest BCUT2D eigenvalue weighted by molar-refractivity contribution is 5.90. The van der Waals surface area contributed by atoms with Gasteiger partial charge in [-0.25, -0.2) is 0 Å². The van der Waals surface area contributed by atoms with Crippen molar-refractivity contribution in [2.45, 2.75) is 0 Å². The van der Waals surface area contributed by atoms with Crippen LogP contribution < -0.4 is 20.7 Å². The molecule has 0 saturated heterocycles. The molecular formula is C9H13NO4. The number of rotatable bonds is 3. The predicted molar refractivity (Wildman–Crippen MR) is 49.9 cm³/mol. The highest BCUT2D eigenvalue weighted by Crippen LogP contribution is 2.29. The number of para-hydroxylation sites is 1. The van der Waals surface area contributed by atoms with Gasteiger partial charge >= 0.3 is 0 Å². The summed E-state index contributed by atoms with van der Waals surface area (Å²) in [5.41, 5.74) is -0.0122. The lowest BCUT2D eigenvalue weighted by atomic mass is 10.2. The molecule has 14 heavy (non-hydrogen) atoms. The first-order chi connectivity index (χ1) is 6.20. The molecule has 4 N–H and O–H groups in total. The van der Waals surface area contributed by atoms with Gasteiger partial charge in [0.15, 0.2) is 11.5 Å². The summed E-state index contributed by atoms with van der Waals surface area (Å²) in [6, 6.07) is 4.58. The Hall–Kier alpha value is -1.75. The standard InChI is InChI=1S/C9H10O4.H3N/c1-12-7-5-3-4-6(9(10)11)8(7)13-2;/h3-5H,1-2H3,(H,10,11);1H3. The van der Waals surface area contributed by atoms with Crippen molar-refractivity contribution in [3.05, 3.63) is 23.8 Å². The summed E-state index contributed by atoms with van der Waals surface area (Å²) in [5, 5.41) is 10.6. The molecule has 5 nitrogen and oxygen atoms in total. The minimum Gasteiger partial charge on any atom is -0.545 e. The number of carbonyl (C=O) groups is 1. The Balaban J connectivity index is 0.00000169. The number of carboxylic acids is 1. The van der Waals surface area contributed by atoms with Crippen molar-refractivity contribution < 1.29 is 19.4 Å². The summed E-state index contributed by atoms with van der Waals surface area (Å²) in [6.07, 6.45) is 0. The fourth-order valence-electron chi connectivity index (χ4n) is 1.05. The largest absolute Gasteiger partial charge is 0.545 e. The molecule has 1 aromatic rings. The number of carboxylic acid groups (broad SMARTS) is 1. The van der Waals surface area contributed by atoms with E-state index in [1.54, 1.807) is 12.1 Å². The molecule has 1 aromatic carbocycles. The van der Waals surface area contributed by atoms with Crippen molar-refractivity contribution >= 4 is 5.97 Å². The summed E-state index contributed by atoms with van der Waals surface area (Å²) in [4.78, 5) is 10.6. The molecule has 0 fully saturated rings. The number of ether oxygens (including phenoxy) is 2. The third-order valence-corrected chi connectivity index (χ3v) is 1.62. The molecule has 0 heterocycles. The topological polar surface area (TPSA) is 95.1 Å². The van der Waals surface area contributed by atoms with Crippen LogP contribution in [0.1, 0.15) is 10.4 Å². The highest BCUT2D eigenvalue weighted by atomic mass is 16.5. The molecule has 0 radical (unpaired) electrons. The molecule has 0 unspecified atom stereocenters. The Bertz CT molecular complexity index is 325. The molecular weight excluding hydrogens is 186 g/mol. The predicted octanol–water partition coefficient (Wildman–Crippen LogP) is 0.443. The monoisotopic (exact) mass is 199 g/mol. The maximum Gasteiger partial charge on any atom is 0.169 e. The first-order valence-electron chi connectivity index (χ1n) is 3.63. The quantitative estimate of drug-likeness (QED) is 0.764. The van der Waals surface area contributed by atoms with E-state index in [4.69, 9.17) is 9.47 Å². The zero-order valence-corrected chi connectivity index (χ0v) is 8.37. The summed E-state index contributed by atoms with van der Waals surface area (Å²) in [7, 11) is 2.82. The van der Waals surface area contributed by atoms with Crippen LogP contribution in [0.5, 0.6) is 11.5 Å². The van der Waals surface area contributed by atoms with Crippen LogP contribution in [0, 0.1) is 0 Å². The molecule has 0 spiro atoms. The van der Waals surface area contributed by atoms with Gasteiger partial charge in [-0.15, -0.1) is 0 Å². The summed E-state index contributed by atoms with van der Waals surface area (Å²) in [5.74, 6) is -0.718. The van der Waals surface area contributed by atoms with Gasteiger partial charge in [0.1, 0.15) is 0 Å². The van der Waals surface area contributed by atoms with E-state index in [1.165, 1.54) is 20.3 Å². The lowest BCUT2D eigenvalue weighted by Crippen LogP contribution is -2.23. The molecule has 5 heteroatoms. The normalized spacial score (nSPS) is 8.71. The number of carbonyl (C=O) groups excluding carboxylic acids is 1. The first-order valence-corrected chi connectivity index (χ1v) is 3.63. The first kappa shape index (κ1) is 12.2. The average Bonchev–Trinajstić information content (AvgIpc) is 2.16. The van der Waals surface area contributed by atoms with Crippen LogP contribution in [0.4, 0.5) is 0 Å². The van der Waals surface area contributed by atoms with Crippen LogP contribution >= 0.6 is 0 Å². The Morgan fingerprint density at radius 1 is 1.29 bits per heavy atom. The summed E-state index contributed by atoms with van der Waals surface area (Å²) < 4.78 is 9.79. The minimum atomic E-state index is -1.28. The fraction of sp³-hybridized carbons (Fsp3) is 0.222. The van der Waals surface area contributed by atoms with E-state index in [1.807, 2.05) is 0 Å². The lowest BCUT2D eigenvalue weighted by molar-refractivity contribution is -0.255. The number of benzene rings is 1. The third kappa shape index (κ3) is 2.14. The number of quaternary nitrogens is 1. The Labute approximate surface area is 81.8 Å². The van der Waals surface area contributed by atoms with Crippen LogP contribution in [-0.2, 0) is 0 Å². The summed E-state index contributed by atoms with van der Waals surface area (Å²) >= 11 is 0. The molecule has 0 saturated carbocycles. The SMILES string of the molecule is COc1cccc(C(=O)[O-])c1OC.[NH4+]. The van der Waals surface area contributed by atoms with Crippen LogP contribution in [0.25, 0.3) is 0 Å². The van der Waals surface area contributed by atoms with Gasteiger partial charge in [-0.1, -0.05) is 6.07 Å². The van der Waals surface area contributed by atoms with Crippen LogP contribution in [0.3, 0.4) is 0 Å². The van der Waals surface area contributed by atoms with Crippen molar-refractivity contribution in [3.8, 4) is 11.5 Å². The Kier molecular flexibility index (Phi) is 4.45. The van der Waals surface area contributed by atoms with Crippen LogP contribution in [0.2, 0.25) is 0 Å². The third-order valence-electron chi connectivity index (χ3n) is 1.62. The molecule has 0 aromatic heterocycles. The molecule has 0 aliphatic heterocycles. The van der Waals surface area contributed by atoms with Crippen LogP contribution in [0.15, 0.2) is 18.2 Å². The number of hydrogen-bond acceptors (Lipinski definition) is 4. The zero-order chi connectivity index (χ0) is 9.84. The second-order valence-corrected chi connectivity index (χ2v) is 2.33. The molecule has 0 aliphatic rings. The van der Waals surface area contributed by atoms with Crippen molar-refractivity contribution in [1.82, 2.24) is 6.15 Å². The van der Waals surface area contributed by atoms with E-state index in [2.05, 4.69) is 0 Å². The van der Waals surface area contributed by atoms with Gasteiger partial charge in [-0.05, 0) is 12.1 Å². The highest BCUT2D eigenvalue weighted by Gasteiger charge is 2.09. The van der Waals surface area contributed by atoms with Crippen molar-refractivity contribution in [1.29, 1.82) is 0 Å². The van der Waals surface area contributed by atoms with E-state index in [0.717, 1.165) is 0 Å². The van der Waals surface area contributed by atoms with Gasteiger partial charge in [0.25, 0.3) is 0 Å². The van der Waals surface area contributed by atoms with Gasteiger partial charge in [-0.3, -0.25) is 0 Å². The van der Waals surface area contributed by atoms with Gasteiger partial charge in [-0.2, -0.15) is 0 Å². The van der Waals surface area contributed by atoms with E-state index in [9.17, 15) is 9.90 Å². The number of methoxy groups -OCH3 is 2. The van der Waals surface area contributed by atoms with Gasteiger partial charge in [0.2, 0.25) is 0 Å². The summed E-state index contributed by atoms with van der Waals surface area (Å²) in [6.45, 7) is 0. The molecule has 1 rings (SSSR count). The van der Waals surface area contributed by atoms with Crippen molar-refractivity contribution in [3.63, 3.8) is 0 Å². The molecule has 0 bridgehead atoms. The van der Waals surface area contributed by atoms with Gasteiger partial charge in [0.05, 0.1) is 20.2 Å². The second-order valence-electron chi connectivity index (χ2n) is 2.33. The average molecular weight is 199 g/mol. The Morgan fingerprint density at radius 2 is 1.93 bits per heavy atom. The van der Waals surface area contributed by atoms with Crippen LogP contribution in [-0.4, -0.2) is 20.2 Å². The lowest BCUT2D eigenvalue weighted by Gasteiger charge is -2.12. The zero-order valence-electron chi connectivity index (χ0n) is 8.37. The van der Waals surface area contributed by atoms with Crippen molar-refractivity contribution in [2.75, 3.05) is 14.2 Å². The van der Waals surface area contributed by atoms with Gasteiger partial charge in [0, 0.05) is 5.56 Å². The van der Waals surface area contributed by atoms with E-state index in [0.29, 0.717) is 5.75 Å². The second kappa shape index (κ2) is 5.08. The number of aromatic carboxylic acids is 1. The Morgan fingerprint density at radius 3 is 2.36 bits per heavy atom.